The van der Waals surface area contributed by atoms with Crippen LogP contribution in [0.15, 0.2) is 0 Å². The molecule has 1 aliphatic carbocycles. The van der Waals surface area contributed by atoms with Gasteiger partial charge in [-0.05, 0) is 32.1 Å². The van der Waals surface area contributed by atoms with Crippen LogP contribution in [0.25, 0.3) is 0 Å². The number of methoxy groups -OCH3 is 1. The van der Waals surface area contributed by atoms with Crippen LogP contribution in [0, 0.1) is 5.92 Å². The zero-order valence-electron chi connectivity index (χ0n) is 11.8. The summed E-state index contributed by atoms with van der Waals surface area (Å²) in [5, 5.41) is 0. The van der Waals surface area contributed by atoms with Crippen molar-refractivity contribution in [1.29, 1.82) is 0 Å². The van der Waals surface area contributed by atoms with Crippen molar-refractivity contribution in [3.05, 3.63) is 0 Å². The van der Waals surface area contributed by atoms with E-state index in [1.165, 1.54) is 12.8 Å². The molecule has 1 atom stereocenters. The number of nitrogens with zero attached hydrogens (tertiary/aromatic N) is 1. The lowest BCUT2D eigenvalue weighted by atomic mass is 10.1. The average Bonchev–Trinajstić information content (AvgIpc) is 3.24. The Bertz CT molecular complexity index is 227. The number of hydrogen-bond acceptors (Lipinski definition) is 4. The van der Waals surface area contributed by atoms with Crippen LogP contribution in [0.1, 0.15) is 32.6 Å². The third-order valence-corrected chi connectivity index (χ3v) is 4.01. The molecule has 0 aromatic rings. The molecule has 18 heavy (non-hydrogen) atoms. The van der Waals surface area contributed by atoms with Gasteiger partial charge in [0.05, 0.1) is 19.8 Å². The molecule has 4 nitrogen and oxygen atoms in total. The lowest BCUT2D eigenvalue weighted by molar-refractivity contribution is -0.183. The fourth-order valence-corrected chi connectivity index (χ4v) is 2.58. The average molecular weight is 257 g/mol. The molecular formula is C14H27NO3. The molecule has 0 radical (unpaired) electrons. The minimum atomic E-state index is 0.00944. The molecule has 2 fully saturated rings. The molecule has 0 spiro atoms. The summed E-state index contributed by atoms with van der Waals surface area (Å²) in [6.45, 7) is 6.91. The Morgan fingerprint density at radius 1 is 1.22 bits per heavy atom. The maximum Gasteiger partial charge on any atom is 0.158 e. The zero-order chi connectivity index (χ0) is 12.8. The van der Waals surface area contributed by atoms with Crippen LogP contribution in [0.2, 0.25) is 0 Å². The summed E-state index contributed by atoms with van der Waals surface area (Å²) in [5.74, 6) is 0.898. The normalized spacial score (nSPS) is 23.5. The van der Waals surface area contributed by atoms with Gasteiger partial charge in [0.25, 0.3) is 0 Å². The van der Waals surface area contributed by atoms with Gasteiger partial charge < -0.3 is 14.2 Å². The third kappa shape index (κ3) is 4.50. The van der Waals surface area contributed by atoms with Crippen LogP contribution >= 0.6 is 0 Å². The molecule has 2 rings (SSSR count). The number of hydrogen-bond donors (Lipinski definition) is 0. The van der Waals surface area contributed by atoms with Gasteiger partial charge in [-0.2, -0.15) is 0 Å². The highest BCUT2D eigenvalue weighted by atomic mass is 16.7. The van der Waals surface area contributed by atoms with Crippen LogP contribution in [0.5, 0.6) is 0 Å². The summed E-state index contributed by atoms with van der Waals surface area (Å²) in [4.78, 5) is 2.53. The largest absolute Gasteiger partial charge is 0.383 e. The van der Waals surface area contributed by atoms with E-state index >= 15 is 0 Å². The monoisotopic (exact) mass is 257 g/mol. The van der Waals surface area contributed by atoms with Crippen molar-refractivity contribution in [3.8, 4) is 0 Å². The Labute approximate surface area is 111 Å². The van der Waals surface area contributed by atoms with E-state index in [-0.39, 0.29) is 6.29 Å². The van der Waals surface area contributed by atoms with E-state index in [1.54, 1.807) is 7.11 Å². The SMILES string of the molecule is COCCN(CCC1OCCCO1)C(C)C1CC1. The summed E-state index contributed by atoms with van der Waals surface area (Å²) in [5.41, 5.74) is 0. The molecule has 0 bridgehead atoms. The van der Waals surface area contributed by atoms with E-state index < -0.39 is 0 Å². The van der Waals surface area contributed by atoms with E-state index in [0.29, 0.717) is 6.04 Å². The van der Waals surface area contributed by atoms with Crippen LogP contribution in [-0.2, 0) is 14.2 Å². The summed E-state index contributed by atoms with van der Waals surface area (Å²) < 4.78 is 16.4. The van der Waals surface area contributed by atoms with E-state index in [9.17, 15) is 0 Å². The fourth-order valence-electron chi connectivity index (χ4n) is 2.58. The Hall–Kier alpha value is -0.160. The van der Waals surface area contributed by atoms with E-state index in [4.69, 9.17) is 14.2 Å². The maximum atomic E-state index is 5.61. The first kappa shape index (κ1) is 14.3. The zero-order valence-corrected chi connectivity index (χ0v) is 11.8. The molecule has 0 N–H and O–H groups in total. The Balaban J connectivity index is 1.72. The molecule has 1 aliphatic heterocycles. The minimum absolute atomic E-state index is 0.00944. The van der Waals surface area contributed by atoms with Crippen LogP contribution in [-0.4, -0.2) is 57.3 Å². The van der Waals surface area contributed by atoms with E-state index in [2.05, 4.69) is 11.8 Å². The molecule has 1 saturated carbocycles. The highest BCUT2D eigenvalue weighted by molar-refractivity contribution is 4.85. The minimum Gasteiger partial charge on any atom is -0.383 e. The molecule has 1 heterocycles. The van der Waals surface area contributed by atoms with Gasteiger partial charge in [-0.1, -0.05) is 0 Å². The van der Waals surface area contributed by atoms with Crippen LogP contribution < -0.4 is 0 Å². The third-order valence-electron chi connectivity index (χ3n) is 4.01. The van der Waals surface area contributed by atoms with Crippen molar-refractivity contribution in [2.45, 2.75) is 44.9 Å². The molecule has 4 heteroatoms. The van der Waals surface area contributed by atoms with Crippen molar-refractivity contribution < 1.29 is 14.2 Å². The smallest absolute Gasteiger partial charge is 0.158 e. The second-order valence-electron chi connectivity index (χ2n) is 5.42. The highest BCUT2D eigenvalue weighted by Crippen LogP contribution is 2.35. The first-order valence-electron chi connectivity index (χ1n) is 7.27. The quantitative estimate of drug-likeness (QED) is 0.664. The molecule has 1 saturated heterocycles. The van der Waals surface area contributed by atoms with Gasteiger partial charge in [0, 0.05) is 32.7 Å². The van der Waals surface area contributed by atoms with Gasteiger partial charge in [0.1, 0.15) is 0 Å². The predicted molar refractivity (Wildman–Crippen MR) is 70.6 cm³/mol. The fraction of sp³-hybridized carbons (Fsp3) is 1.00. The van der Waals surface area contributed by atoms with Crippen molar-refractivity contribution >= 4 is 0 Å². The van der Waals surface area contributed by atoms with Crippen molar-refractivity contribution in [1.82, 2.24) is 4.90 Å². The Morgan fingerprint density at radius 3 is 2.56 bits per heavy atom. The molecule has 0 aromatic heterocycles. The summed E-state index contributed by atoms with van der Waals surface area (Å²) in [6, 6.07) is 0.670. The first-order valence-corrected chi connectivity index (χ1v) is 7.27. The molecule has 2 aliphatic rings. The van der Waals surface area contributed by atoms with Gasteiger partial charge in [-0.3, -0.25) is 4.90 Å². The molecular weight excluding hydrogens is 230 g/mol. The van der Waals surface area contributed by atoms with Crippen molar-refractivity contribution in [2.75, 3.05) is 40.0 Å². The van der Waals surface area contributed by atoms with Gasteiger partial charge in [0.15, 0.2) is 6.29 Å². The van der Waals surface area contributed by atoms with Gasteiger partial charge in [-0.15, -0.1) is 0 Å². The van der Waals surface area contributed by atoms with Crippen molar-refractivity contribution in [3.63, 3.8) is 0 Å². The summed E-state index contributed by atoms with van der Waals surface area (Å²) in [7, 11) is 1.77. The standard InChI is InChI=1S/C14H27NO3/c1-12(13-4-5-13)15(8-11-16-2)7-6-14-17-9-3-10-18-14/h12-14H,3-11H2,1-2H3. The Morgan fingerprint density at radius 2 is 1.94 bits per heavy atom. The summed E-state index contributed by atoms with van der Waals surface area (Å²) >= 11 is 0. The molecule has 0 aromatic carbocycles. The van der Waals surface area contributed by atoms with Crippen LogP contribution in [0.3, 0.4) is 0 Å². The highest BCUT2D eigenvalue weighted by Gasteiger charge is 2.32. The van der Waals surface area contributed by atoms with Gasteiger partial charge >= 0.3 is 0 Å². The number of ether oxygens (including phenoxy) is 3. The Kier molecular flexibility index (Phi) is 5.89. The second-order valence-corrected chi connectivity index (χ2v) is 5.42. The molecule has 0 amide bonds. The molecule has 106 valence electrons. The van der Waals surface area contributed by atoms with Crippen LogP contribution in [0.4, 0.5) is 0 Å². The predicted octanol–water partition coefficient (Wildman–Crippen LogP) is 1.89. The first-order chi connectivity index (χ1) is 8.81. The lowest BCUT2D eigenvalue weighted by Gasteiger charge is -2.31. The van der Waals surface area contributed by atoms with Gasteiger partial charge in [0.2, 0.25) is 0 Å². The van der Waals surface area contributed by atoms with Gasteiger partial charge in [-0.25, -0.2) is 0 Å². The maximum absolute atomic E-state index is 5.61. The van der Waals surface area contributed by atoms with Crippen molar-refractivity contribution in [2.24, 2.45) is 5.92 Å². The second kappa shape index (κ2) is 7.43. The number of rotatable bonds is 8. The topological polar surface area (TPSA) is 30.9 Å². The molecule has 1 unspecified atom stereocenters. The summed E-state index contributed by atoms with van der Waals surface area (Å²) in [6.07, 6.45) is 4.79. The van der Waals surface area contributed by atoms with E-state index in [0.717, 1.165) is 51.7 Å². The van der Waals surface area contributed by atoms with E-state index in [1.807, 2.05) is 0 Å². The lowest BCUT2D eigenvalue weighted by Crippen LogP contribution is -2.40.